The maximum Gasteiger partial charge on any atom is 0.0692 e. The third-order valence-corrected chi connectivity index (χ3v) is 2.82. The Morgan fingerprint density at radius 2 is 2.14 bits per heavy atom. The fraction of sp³-hybridized carbons (Fsp3) is 0.545. The normalized spacial score (nSPS) is 18.6. The molecule has 0 spiro atoms. The second-order valence-corrected chi connectivity index (χ2v) is 3.93. The van der Waals surface area contributed by atoms with E-state index in [1.807, 2.05) is 24.5 Å². The van der Waals surface area contributed by atoms with Crippen LogP contribution in [0.25, 0.3) is 0 Å². The Morgan fingerprint density at radius 1 is 1.43 bits per heavy atom. The summed E-state index contributed by atoms with van der Waals surface area (Å²) in [5.74, 6) is 0. The monoisotopic (exact) mass is 192 g/mol. The number of aromatic nitrogens is 1. The van der Waals surface area contributed by atoms with Crippen molar-refractivity contribution in [2.75, 3.05) is 19.0 Å². The Kier molecular flexibility index (Phi) is 2.68. The van der Waals surface area contributed by atoms with Crippen molar-refractivity contribution in [1.82, 2.24) is 4.98 Å². The Morgan fingerprint density at radius 3 is 2.64 bits per heavy atom. The highest BCUT2D eigenvalue weighted by Crippen LogP contribution is 2.35. The topological polar surface area (TPSA) is 34.1 Å². The Hall–Kier alpha value is -1.09. The molecule has 0 atom stereocenters. The number of hydrogen-bond acceptors (Lipinski definition) is 3. The zero-order valence-corrected chi connectivity index (χ0v) is 8.49. The third kappa shape index (κ3) is 1.87. The van der Waals surface area contributed by atoms with Crippen LogP contribution in [-0.4, -0.2) is 24.2 Å². The minimum Gasteiger partial charge on any atom is -0.382 e. The van der Waals surface area contributed by atoms with Crippen LogP contribution in [0.5, 0.6) is 0 Å². The molecule has 0 bridgehead atoms. The van der Waals surface area contributed by atoms with Crippen LogP contribution in [0, 0.1) is 0 Å². The lowest BCUT2D eigenvalue weighted by Gasteiger charge is -2.42. The largest absolute Gasteiger partial charge is 0.382 e. The van der Waals surface area contributed by atoms with E-state index in [0.717, 1.165) is 12.3 Å². The van der Waals surface area contributed by atoms with Crippen molar-refractivity contribution in [3.63, 3.8) is 0 Å². The first-order chi connectivity index (χ1) is 6.85. The molecule has 1 aromatic heterocycles. The van der Waals surface area contributed by atoms with Crippen molar-refractivity contribution < 1.29 is 4.74 Å². The quantitative estimate of drug-likeness (QED) is 0.793. The van der Waals surface area contributed by atoms with Gasteiger partial charge >= 0.3 is 0 Å². The van der Waals surface area contributed by atoms with Crippen LogP contribution in [0.3, 0.4) is 0 Å². The average molecular weight is 192 g/mol. The van der Waals surface area contributed by atoms with Crippen molar-refractivity contribution in [2.45, 2.75) is 24.8 Å². The van der Waals surface area contributed by atoms with E-state index in [4.69, 9.17) is 4.74 Å². The van der Waals surface area contributed by atoms with Crippen LogP contribution in [0.4, 0.5) is 5.69 Å². The molecule has 0 saturated heterocycles. The standard InChI is InChI=1S/C11H16N2O/c1-14-9-11(5-2-6-11)13-10-3-7-12-8-4-10/h3-4,7-8H,2,5-6,9H2,1H3,(H,12,13). The zero-order chi connectivity index (χ0) is 9.86. The van der Waals surface area contributed by atoms with E-state index in [2.05, 4.69) is 10.3 Å². The first-order valence-corrected chi connectivity index (χ1v) is 5.02. The van der Waals surface area contributed by atoms with Gasteiger partial charge in [0.1, 0.15) is 0 Å². The maximum atomic E-state index is 5.24. The van der Waals surface area contributed by atoms with Gasteiger partial charge in [0, 0.05) is 25.2 Å². The van der Waals surface area contributed by atoms with Gasteiger partial charge in [-0.1, -0.05) is 0 Å². The summed E-state index contributed by atoms with van der Waals surface area (Å²) in [7, 11) is 1.76. The second kappa shape index (κ2) is 3.96. The third-order valence-electron chi connectivity index (χ3n) is 2.82. The van der Waals surface area contributed by atoms with Gasteiger partial charge in [0.05, 0.1) is 12.1 Å². The molecule has 3 nitrogen and oxygen atoms in total. The lowest BCUT2D eigenvalue weighted by Crippen LogP contribution is -2.48. The summed E-state index contributed by atoms with van der Waals surface area (Å²) in [6.07, 6.45) is 7.30. The number of anilines is 1. The van der Waals surface area contributed by atoms with Crippen molar-refractivity contribution in [1.29, 1.82) is 0 Å². The van der Waals surface area contributed by atoms with Gasteiger partial charge < -0.3 is 10.1 Å². The SMILES string of the molecule is COCC1(Nc2ccncc2)CCC1. The summed E-state index contributed by atoms with van der Waals surface area (Å²) in [5, 5.41) is 3.53. The van der Waals surface area contributed by atoms with Crippen molar-refractivity contribution >= 4 is 5.69 Å². The van der Waals surface area contributed by atoms with Crippen molar-refractivity contribution in [3.05, 3.63) is 24.5 Å². The first-order valence-electron chi connectivity index (χ1n) is 5.02. The van der Waals surface area contributed by atoms with E-state index in [-0.39, 0.29) is 5.54 Å². The predicted molar refractivity (Wildman–Crippen MR) is 56.3 cm³/mol. The van der Waals surface area contributed by atoms with Gasteiger partial charge in [-0.05, 0) is 31.4 Å². The number of nitrogens with zero attached hydrogens (tertiary/aromatic N) is 1. The Bertz CT molecular complexity index is 283. The predicted octanol–water partition coefficient (Wildman–Crippen LogP) is 2.06. The first kappa shape index (κ1) is 9.46. The number of rotatable bonds is 4. The highest BCUT2D eigenvalue weighted by molar-refractivity contribution is 5.44. The minimum absolute atomic E-state index is 0.177. The molecule has 14 heavy (non-hydrogen) atoms. The summed E-state index contributed by atoms with van der Waals surface area (Å²) in [5.41, 5.74) is 1.31. The van der Waals surface area contributed by atoms with Crippen molar-refractivity contribution in [3.8, 4) is 0 Å². The molecule has 76 valence electrons. The summed E-state index contributed by atoms with van der Waals surface area (Å²) >= 11 is 0. The molecule has 1 aliphatic carbocycles. The maximum absolute atomic E-state index is 5.24. The molecule has 1 aromatic rings. The fourth-order valence-electron chi connectivity index (χ4n) is 1.93. The number of nitrogens with one attached hydrogen (secondary N) is 1. The van der Waals surface area contributed by atoms with Gasteiger partial charge in [-0.15, -0.1) is 0 Å². The van der Waals surface area contributed by atoms with Crippen LogP contribution in [0.15, 0.2) is 24.5 Å². The van der Waals surface area contributed by atoms with Crippen LogP contribution in [-0.2, 0) is 4.74 Å². The van der Waals surface area contributed by atoms with Crippen LogP contribution < -0.4 is 5.32 Å². The number of pyridine rings is 1. The highest BCUT2D eigenvalue weighted by atomic mass is 16.5. The molecule has 1 fully saturated rings. The fourth-order valence-corrected chi connectivity index (χ4v) is 1.93. The van der Waals surface area contributed by atoms with Crippen molar-refractivity contribution in [2.24, 2.45) is 0 Å². The van der Waals surface area contributed by atoms with E-state index < -0.39 is 0 Å². The summed E-state index contributed by atoms with van der Waals surface area (Å²) in [6.45, 7) is 0.787. The molecule has 0 aromatic carbocycles. The minimum atomic E-state index is 0.177. The van der Waals surface area contributed by atoms with E-state index >= 15 is 0 Å². The molecule has 0 aliphatic heterocycles. The van der Waals surface area contributed by atoms with Gasteiger partial charge in [-0.3, -0.25) is 4.98 Å². The number of hydrogen-bond donors (Lipinski definition) is 1. The molecule has 1 heterocycles. The molecule has 0 amide bonds. The van der Waals surface area contributed by atoms with Gasteiger partial charge in [0.2, 0.25) is 0 Å². The summed E-state index contributed by atoms with van der Waals surface area (Å²) < 4.78 is 5.24. The van der Waals surface area contributed by atoms with Gasteiger partial charge in [0.25, 0.3) is 0 Å². The lowest BCUT2D eigenvalue weighted by atomic mass is 9.77. The van der Waals surface area contributed by atoms with E-state index in [1.165, 1.54) is 19.3 Å². The number of ether oxygens (including phenoxy) is 1. The highest BCUT2D eigenvalue weighted by Gasteiger charge is 2.36. The Balaban J connectivity index is 2.01. The Labute approximate surface area is 84.5 Å². The summed E-state index contributed by atoms with van der Waals surface area (Å²) in [4.78, 5) is 3.99. The van der Waals surface area contributed by atoms with Crippen LogP contribution >= 0.6 is 0 Å². The summed E-state index contributed by atoms with van der Waals surface area (Å²) in [6, 6.07) is 3.99. The van der Waals surface area contributed by atoms with Gasteiger partial charge in [-0.25, -0.2) is 0 Å². The molecular formula is C11H16N2O. The molecule has 0 unspecified atom stereocenters. The molecule has 2 rings (SSSR count). The smallest absolute Gasteiger partial charge is 0.0692 e. The molecule has 3 heteroatoms. The second-order valence-electron chi connectivity index (χ2n) is 3.93. The van der Waals surface area contributed by atoms with E-state index in [1.54, 1.807) is 7.11 Å². The van der Waals surface area contributed by atoms with Crippen LogP contribution in [0.1, 0.15) is 19.3 Å². The average Bonchev–Trinajstić information content (AvgIpc) is 2.16. The molecular weight excluding hydrogens is 176 g/mol. The zero-order valence-electron chi connectivity index (χ0n) is 8.49. The van der Waals surface area contributed by atoms with E-state index in [9.17, 15) is 0 Å². The van der Waals surface area contributed by atoms with Crippen LogP contribution in [0.2, 0.25) is 0 Å². The molecule has 1 saturated carbocycles. The van der Waals surface area contributed by atoms with Gasteiger partial charge in [0.15, 0.2) is 0 Å². The van der Waals surface area contributed by atoms with E-state index in [0.29, 0.717) is 0 Å². The molecule has 0 radical (unpaired) electrons. The lowest BCUT2D eigenvalue weighted by molar-refractivity contribution is 0.0983. The number of methoxy groups -OCH3 is 1. The van der Waals surface area contributed by atoms with Gasteiger partial charge in [-0.2, -0.15) is 0 Å². The molecule has 1 N–H and O–H groups in total. The molecule has 1 aliphatic rings.